The fourth-order valence-corrected chi connectivity index (χ4v) is 3.16. The lowest BCUT2D eigenvalue weighted by atomic mass is 9.88. The van der Waals surface area contributed by atoms with Gasteiger partial charge in [0, 0.05) is 12.5 Å². The lowest BCUT2D eigenvalue weighted by Gasteiger charge is -2.23. The van der Waals surface area contributed by atoms with Crippen LogP contribution in [0.25, 0.3) is 0 Å². The largest absolute Gasteiger partial charge is 0.287 e. The summed E-state index contributed by atoms with van der Waals surface area (Å²) in [6, 6.07) is 16.6. The summed E-state index contributed by atoms with van der Waals surface area (Å²) in [6.07, 6.45) is 3.18. The van der Waals surface area contributed by atoms with Gasteiger partial charge in [-0.25, -0.2) is 0 Å². The van der Waals surface area contributed by atoms with E-state index < -0.39 is 0 Å². The smallest absolute Gasteiger partial charge is 0.216 e. The molecule has 0 heterocycles. The van der Waals surface area contributed by atoms with Crippen molar-refractivity contribution in [1.82, 2.24) is 4.90 Å². The molecule has 0 saturated heterocycles. The Morgan fingerprint density at radius 1 is 0.857 bits per heavy atom. The van der Waals surface area contributed by atoms with Crippen LogP contribution in [0, 0.1) is 0 Å². The van der Waals surface area contributed by atoms with E-state index >= 15 is 0 Å². The van der Waals surface area contributed by atoms with E-state index in [9.17, 15) is 9.59 Å². The molecule has 3 heteroatoms. The van der Waals surface area contributed by atoms with Gasteiger partial charge in [-0.3, -0.25) is 14.5 Å². The van der Waals surface area contributed by atoms with Crippen molar-refractivity contribution in [2.45, 2.75) is 18.8 Å². The van der Waals surface area contributed by atoms with Gasteiger partial charge in [-0.05, 0) is 35.1 Å². The Morgan fingerprint density at radius 3 is 1.81 bits per heavy atom. The van der Waals surface area contributed by atoms with Gasteiger partial charge in [0.2, 0.25) is 12.8 Å². The van der Waals surface area contributed by atoms with Crippen molar-refractivity contribution < 1.29 is 9.59 Å². The van der Waals surface area contributed by atoms with Gasteiger partial charge >= 0.3 is 0 Å². The molecule has 1 aliphatic carbocycles. The van der Waals surface area contributed by atoms with Crippen LogP contribution in [0.4, 0.5) is 0 Å². The molecular formula is C18H17NO2. The first-order valence-electron chi connectivity index (χ1n) is 7.15. The maximum absolute atomic E-state index is 11.0. The second-order valence-corrected chi connectivity index (χ2v) is 5.36. The highest BCUT2D eigenvalue weighted by molar-refractivity contribution is 5.69. The normalized spacial score (nSPS) is 13.7. The van der Waals surface area contributed by atoms with E-state index in [4.69, 9.17) is 0 Å². The van der Waals surface area contributed by atoms with Crippen molar-refractivity contribution in [3.8, 4) is 0 Å². The zero-order valence-electron chi connectivity index (χ0n) is 11.7. The number of carbonyl (C=O) groups excluding carboxylic acids is 2. The monoisotopic (exact) mass is 279 g/mol. The summed E-state index contributed by atoms with van der Waals surface area (Å²) in [5.41, 5.74) is 5.04. The van der Waals surface area contributed by atoms with Crippen LogP contribution in [-0.2, 0) is 22.4 Å². The number of fused-ring (bicyclic) bond motifs is 2. The van der Waals surface area contributed by atoms with Gasteiger partial charge < -0.3 is 0 Å². The van der Waals surface area contributed by atoms with Gasteiger partial charge in [-0.15, -0.1) is 0 Å². The van der Waals surface area contributed by atoms with E-state index in [1.165, 1.54) is 27.2 Å². The molecular weight excluding hydrogens is 262 g/mol. The summed E-state index contributed by atoms with van der Waals surface area (Å²) in [4.78, 5) is 23.2. The molecule has 0 atom stereocenters. The molecule has 0 bridgehead atoms. The van der Waals surface area contributed by atoms with Gasteiger partial charge in [0.15, 0.2) is 0 Å². The Hall–Kier alpha value is -2.42. The second kappa shape index (κ2) is 5.92. The molecule has 0 aromatic heterocycles. The highest BCUT2D eigenvalue weighted by atomic mass is 16.2. The number of hydrogen-bond acceptors (Lipinski definition) is 2. The molecule has 2 aromatic carbocycles. The number of aryl methyl sites for hydroxylation is 2. The van der Waals surface area contributed by atoms with Gasteiger partial charge in [0.1, 0.15) is 0 Å². The number of hydrogen-bond donors (Lipinski definition) is 0. The first kappa shape index (κ1) is 13.6. The molecule has 0 aliphatic heterocycles. The molecule has 0 saturated carbocycles. The van der Waals surface area contributed by atoms with Gasteiger partial charge in [-0.2, -0.15) is 0 Å². The van der Waals surface area contributed by atoms with Gasteiger partial charge in [0.05, 0.1) is 0 Å². The summed E-state index contributed by atoms with van der Waals surface area (Å²) in [7, 11) is 0. The summed E-state index contributed by atoms with van der Waals surface area (Å²) in [5, 5.41) is 0. The van der Waals surface area contributed by atoms with Crippen LogP contribution in [0.1, 0.15) is 28.2 Å². The second-order valence-electron chi connectivity index (χ2n) is 5.36. The summed E-state index contributed by atoms with van der Waals surface area (Å²) in [5.74, 6) is 0.0512. The van der Waals surface area contributed by atoms with E-state index in [2.05, 4.69) is 24.3 Å². The SMILES string of the molecule is O=CN(C=O)CC1c2ccccc2CCc2ccccc21. The molecule has 3 nitrogen and oxygen atoms in total. The quantitative estimate of drug-likeness (QED) is 0.807. The van der Waals surface area contributed by atoms with Crippen molar-refractivity contribution >= 4 is 12.8 Å². The Labute approximate surface area is 124 Å². The lowest BCUT2D eigenvalue weighted by Crippen LogP contribution is -2.27. The van der Waals surface area contributed by atoms with Gasteiger partial charge in [0.25, 0.3) is 0 Å². The van der Waals surface area contributed by atoms with Crippen molar-refractivity contribution in [1.29, 1.82) is 0 Å². The predicted octanol–water partition coefficient (Wildman–Crippen LogP) is 2.53. The molecule has 1 aliphatic rings. The van der Waals surface area contributed by atoms with Crippen LogP contribution in [0.2, 0.25) is 0 Å². The zero-order chi connectivity index (χ0) is 14.7. The summed E-state index contributed by atoms with van der Waals surface area (Å²) in [6.45, 7) is 0.390. The van der Waals surface area contributed by atoms with Crippen molar-refractivity contribution in [2.75, 3.05) is 6.54 Å². The molecule has 0 spiro atoms. The third-order valence-electron chi connectivity index (χ3n) is 4.19. The Morgan fingerprint density at radius 2 is 1.33 bits per heavy atom. The van der Waals surface area contributed by atoms with Crippen LogP contribution >= 0.6 is 0 Å². The maximum Gasteiger partial charge on any atom is 0.216 e. The van der Waals surface area contributed by atoms with Crippen LogP contribution in [0.5, 0.6) is 0 Å². The van der Waals surface area contributed by atoms with Crippen LogP contribution in [-0.4, -0.2) is 24.3 Å². The third-order valence-corrected chi connectivity index (χ3v) is 4.19. The molecule has 0 fully saturated rings. The zero-order valence-corrected chi connectivity index (χ0v) is 11.7. The molecule has 21 heavy (non-hydrogen) atoms. The molecule has 0 unspecified atom stereocenters. The number of nitrogens with zero attached hydrogens (tertiary/aromatic N) is 1. The Balaban J connectivity index is 2.10. The van der Waals surface area contributed by atoms with Crippen LogP contribution in [0.3, 0.4) is 0 Å². The minimum absolute atomic E-state index is 0.0512. The first-order valence-corrected chi connectivity index (χ1v) is 7.15. The first-order chi connectivity index (χ1) is 10.3. The third kappa shape index (κ3) is 2.59. The van der Waals surface area contributed by atoms with Crippen LogP contribution in [0.15, 0.2) is 48.5 Å². The van der Waals surface area contributed by atoms with Crippen molar-refractivity contribution in [3.05, 3.63) is 70.8 Å². The maximum atomic E-state index is 11.0. The highest BCUT2D eigenvalue weighted by Crippen LogP contribution is 2.34. The predicted molar refractivity (Wildman–Crippen MR) is 81.0 cm³/mol. The number of rotatable bonds is 4. The van der Waals surface area contributed by atoms with E-state index in [0.29, 0.717) is 19.4 Å². The fourth-order valence-electron chi connectivity index (χ4n) is 3.16. The minimum Gasteiger partial charge on any atom is -0.287 e. The molecule has 106 valence electrons. The van der Waals surface area contributed by atoms with Crippen molar-refractivity contribution in [3.63, 3.8) is 0 Å². The van der Waals surface area contributed by atoms with Gasteiger partial charge in [-0.1, -0.05) is 48.5 Å². The number of imide groups is 1. The van der Waals surface area contributed by atoms with Crippen molar-refractivity contribution in [2.24, 2.45) is 0 Å². The number of amides is 2. The number of carbonyl (C=O) groups is 2. The number of benzene rings is 2. The topological polar surface area (TPSA) is 37.4 Å². The highest BCUT2D eigenvalue weighted by Gasteiger charge is 2.24. The molecule has 3 rings (SSSR count). The van der Waals surface area contributed by atoms with E-state index in [0.717, 1.165) is 12.8 Å². The summed E-state index contributed by atoms with van der Waals surface area (Å²) >= 11 is 0. The Kier molecular flexibility index (Phi) is 3.82. The minimum atomic E-state index is 0.0512. The molecule has 0 radical (unpaired) electrons. The fraction of sp³-hybridized carbons (Fsp3) is 0.222. The summed E-state index contributed by atoms with van der Waals surface area (Å²) < 4.78 is 0. The molecule has 2 aromatic rings. The van der Waals surface area contributed by atoms with E-state index in [1.807, 2.05) is 24.3 Å². The van der Waals surface area contributed by atoms with Crippen LogP contribution < -0.4 is 0 Å². The molecule has 2 amide bonds. The average Bonchev–Trinajstić information content (AvgIpc) is 2.70. The standard InChI is InChI=1S/C18H17NO2/c20-12-19(13-21)11-18-16-7-3-1-5-14(16)9-10-15-6-2-4-8-17(15)18/h1-8,12-13,18H,9-11H2. The average molecular weight is 279 g/mol. The molecule has 0 N–H and O–H groups in total. The lowest BCUT2D eigenvalue weighted by molar-refractivity contribution is -0.129. The van der Waals surface area contributed by atoms with E-state index in [1.54, 1.807) is 0 Å². The van der Waals surface area contributed by atoms with E-state index in [-0.39, 0.29) is 5.92 Å². The Bertz CT molecular complexity index is 610.